The van der Waals surface area contributed by atoms with Gasteiger partial charge in [-0.2, -0.15) is 8.42 Å². The maximum Gasteiger partial charge on any atom is 0.274 e. The normalized spacial score (nSPS) is 15.0. The quantitative estimate of drug-likeness (QED) is 0.221. The van der Waals surface area contributed by atoms with Crippen LogP contribution in [0.25, 0.3) is 0 Å². The van der Waals surface area contributed by atoms with Crippen LogP contribution >= 0.6 is 0 Å². The number of hydrogen-bond acceptors (Lipinski definition) is 6. The Balaban J connectivity index is 4.75. The summed E-state index contributed by atoms with van der Waals surface area (Å²) >= 11 is 0. The van der Waals surface area contributed by atoms with E-state index in [2.05, 4.69) is 13.5 Å². The van der Waals surface area contributed by atoms with E-state index >= 15 is 0 Å². The molecule has 0 fully saturated rings. The van der Waals surface area contributed by atoms with Crippen molar-refractivity contribution in [1.82, 2.24) is 0 Å². The SMILES string of the molecule is C=CCC(CCCCCCCCCCCC)(C(=O)[O-])C(C(=O)[O-])S(=O)(=O)O. The van der Waals surface area contributed by atoms with Gasteiger partial charge in [-0.1, -0.05) is 77.2 Å². The van der Waals surface area contributed by atoms with Crippen LogP contribution in [0.15, 0.2) is 12.7 Å². The highest BCUT2D eigenvalue weighted by Gasteiger charge is 2.47. The second-order valence-corrected chi connectivity index (χ2v) is 8.58. The van der Waals surface area contributed by atoms with Crippen LogP contribution in [-0.2, 0) is 19.7 Å². The van der Waals surface area contributed by atoms with Crippen molar-refractivity contribution in [2.75, 3.05) is 0 Å². The van der Waals surface area contributed by atoms with Gasteiger partial charge in [0, 0.05) is 11.4 Å². The van der Waals surface area contributed by atoms with Gasteiger partial charge in [-0.3, -0.25) is 4.55 Å². The zero-order valence-electron chi connectivity index (χ0n) is 16.2. The Labute approximate surface area is 162 Å². The molecule has 0 aromatic carbocycles. The Hall–Kier alpha value is -1.41. The van der Waals surface area contributed by atoms with Crippen molar-refractivity contribution in [1.29, 1.82) is 0 Å². The van der Waals surface area contributed by atoms with Gasteiger partial charge in [0.1, 0.15) is 5.25 Å². The van der Waals surface area contributed by atoms with Gasteiger partial charge in [0.15, 0.2) is 0 Å². The number of carboxylic acids is 2. The topological polar surface area (TPSA) is 135 Å². The van der Waals surface area contributed by atoms with Crippen LogP contribution in [0.2, 0.25) is 0 Å². The number of carboxylic acid groups (broad SMARTS) is 2. The van der Waals surface area contributed by atoms with Crippen molar-refractivity contribution in [2.24, 2.45) is 5.41 Å². The van der Waals surface area contributed by atoms with Gasteiger partial charge in [0.05, 0.1) is 5.97 Å². The Bertz CT molecular complexity index is 571. The van der Waals surface area contributed by atoms with Gasteiger partial charge in [-0.25, -0.2) is 0 Å². The van der Waals surface area contributed by atoms with Gasteiger partial charge in [-0.15, -0.1) is 6.58 Å². The highest BCUT2D eigenvalue weighted by atomic mass is 32.2. The summed E-state index contributed by atoms with van der Waals surface area (Å²) in [5.74, 6) is -4.00. The number of aliphatic carboxylic acids is 2. The minimum atomic E-state index is -5.18. The number of allylic oxidation sites excluding steroid dienone is 1. The van der Waals surface area contributed by atoms with Crippen LogP contribution in [0.4, 0.5) is 0 Å². The third-order valence-electron chi connectivity index (χ3n) is 4.91. The first-order chi connectivity index (χ1) is 12.6. The lowest BCUT2D eigenvalue weighted by Crippen LogP contribution is -2.59. The molecule has 0 aliphatic heterocycles. The van der Waals surface area contributed by atoms with E-state index in [1.807, 2.05) is 0 Å². The molecule has 0 radical (unpaired) electrons. The second kappa shape index (κ2) is 12.9. The largest absolute Gasteiger partial charge is 0.549 e. The standard InChI is InChI=1S/C19H34O7S/c1-3-5-6-7-8-9-10-11-12-13-15-19(14-4-2,18(22)23)16(17(20)21)27(24,25)26/h4,16H,2-3,5-15H2,1H3,(H,20,21)(H,22,23)(H,24,25,26)/p-2. The van der Waals surface area contributed by atoms with E-state index in [0.29, 0.717) is 12.8 Å². The zero-order valence-corrected chi connectivity index (χ0v) is 17.0. The van der Waals surface area contributed by atoms with Gasteiger partial charge in [0.2, 0.25) is 0 Å². The third-order valence-corrected chi connectivity index (χ3v) is 6.14. The number of unbranched alkanes of at least 4 members (excludes halogenated alkanes) is 9. The van der Waals surface area contributed by atoms with E-state index in [4.69, 9.17) is 0 Å². The molecule has 0 aliphatic rings. The molecule has 0 amide bonds. The Morgan fingerprint density at radius 3 is 1.78 bits per heavy atom. The van der Waals surface area contributed by atoms with Crippen molar-refractivity contribution in [3.8, 4) is 0 Å². The highest BCUT2D eigenvalue weighted by Crippen LogP contribution is 2.37. The van der Waals surface area contributed by atoms with Crippen molar-refractivity contribution in [2.45, 2.75) is 89.2 Å². The first kappa shape index (κ1) is 25.6. The van der Waals surface area contributed by atoms with E-state index in [-0.39, 0.29) is 6.42 Å². The fourth-order valence-corrected chi connectivity index (χ4v) is 4.57. The second-order valence-electron chi connectivity index (χ2n) is 7.08. The molecule has 7 nitrogen and oxygen atoms in total. The molecule has 1 N–H and O–H groups in total. The molecule has 0 bridgehead atoms. The van der Waals surface area contributed by atoms with Gasteiger partial charge < -0.3 is 19.8 Å². The molecule has 0 aromatic heterocycles. The van der Waals surface area contributed by atoms with Crippen LogP contribution in [0.5, 0.6) is 0 Å². The summed E-state index contributed by atoms with van der Waals surface area (Å²) in [5, 5.41) is 20.4. The molecule has 0 rings (SSSR count). The first-order valence-corrected chi connectivity index (χ1v) is 11.1. The predicted molar refractivity (Wildman–Crippen MR) is 99.1 cm³/mol. The van der Waals surface area contributed by atoms with Crippen molar-refractivity contribution >= 4 is 22.1 Å². The summed E-state index contributed by atoms with van der Waals surface area (Å²) < 4.78 is 32.2. The summed E-state index contributed by atoms with van der Waals surface area (Å²) in [7, 11) is -5.18. The van der Waals surface area contributed by atoms with E-state index in [0.717, 1.165) is 31.8 Å². The Kier molecular flexibility index (Phi) is 12.2. The summed E-state index contributed by atoms with van der Waals surface area (Å²) in [6.07, 6.45) is 10.3. The number of carbonyl (C=O) groups excluding carboxylic acids is 2. The molecule has 0 aromatic rings. The van der Waals surface area contributed by atoms with E-state index in [9.17, 15) is 32.8 Å². The van der Waals surface area contributed by atoms with Crippen molar-refractivity contribution < 1.29 is 32.8 Å². The molecule has 0 saturated heterocycles. The van der Waals surface area contributed by atoms with Crippen molar-refractivity contribution in [3.05, 3.63) is 12.7 Å². The molecule has 0 heterocycles. The van der Waals surface area contributed by atoms with Crippen LogP contribution in [0.3, 0.4) is 0 Å². The fourth-order valence-electron chi connectivity index (χ4n) is 3.45. The minimum absolute atomic E-state index is 0.254. The summed E-state index contributed by atoms with van der Waals surface area (Å²) in [5.41, 5.74) is -2.30. The lowest BCUT2D eigenvalue weighted by molar-refractivity contribution is -0.328. The average Bonchev–Trinajstić information content (AvgIpc) is 2.54. The smallest absolute Gasteiger partial charge is 0.274 e. The molecular formula is C19H32O7S-2. The number of carbonyl (C=O) groups is 2. The highest BCUT2D eigenvalue weighted by molar-refractivity contribution is 7.87. The lowest BCUT2D eigenvalue weighted by atomic mass is 9.76. The third kappa shape index (κ3) is 8.88. The van der Waals surface area contributed by atoms with Crippen molar-refractivity contribution in [3.63, 3.8) is 0 Å². The van der Waals surface area contributed by atoms with Crippen LogP contribution in [-0.4, -0.2) is 30.2 Å². The molecule has 8 heteroatoms. The van der Waals surface area contributed by atoms with Crippen LogP contribution in [0.1, 0.15) is 84.0 Å². The summed E-state index contributed by atoms with van der Waals surface area (Å²) in [6, 6.07) is 0. The molecule has 0 aliphatic carbocycles. The molecule has 158 valence electrons. The van der Waals surface area contributed by atoms with E-state index in [1.54, 1.807) is 0 Å². The molecule has 0 spiro atoms. The number of rotatable bonds is 17. The first-order valence-electron chi connectivity index (χ1n) is 9.63. The summed E-state index contributed by atoms with van der Waals surface area (Å²) in [4.78, 5) is 22.9. The average molecular weight is 405 g/mol. The predicted octanol–water partition coefficient (Wildman–Crippen LogP) is 1.62. The maximum atomic E-state index is 11.7. The Morgan fingerprint density at radius 2 is 1.44 bits per heavy atom. The molecule has 27 heavy (non-hydrogen) atoms. The Morgan fingerprint density at radius 1 is 1.00 bits per heavy atom. The van der Waals surface area contributed by atoms with Crippen LogP contribution in [0, 0.1) is 5.41 Å². The van der Waals surface area contributed by atoms with E-state index < -0.39 is 39.1 Å². The van der Waals surface area contributed by atoms with Gasteiger partial charge in [-0.05, 0) is 12.8 Å². The zero-order chi connectivity index (χ0) is 20.9. The molecule has 2 unspecified atom stereocenters. The maximum absolute atomic E-state index is 11.7. The molecule has 0 saturated carbocycles. The molecular weight excluding hydrogens is 372 g/mol. The number of hydrogen-bond donors (Lipinski definition) is 1. The van der Waals surface area contributed by atoms with E-state index in [1.165, 1.54) is 25.7 Å². The van der Waals surface area contributed by atoms with Gasteiger partial charge in [0.25, 0.3) is 10.1 Å². The fraction of sp³-hybridized carbons (Fsp3) is 0.789. The van der Waals surface area contributed by atoms with Gasteiger partial charge >= 0.3 is 0 Å². The minimum Gasteiger partial charge on any atom is -0.549 e. The van der Waals surface area contributed by atoms with Crippen LogP contribution < -0.4 is 10.2 Å². The lowest BCUT2D eigenvalue weighted by Gasteiger charge is -2.40. The summed E-state index contributed by atoms with van der Waals surface area (Å²) in [6.45, 7) is 5.53. The monoisotopic (exact) mass is 404 g/mol. The molecule has 2 atom stereocenters.